The predicted octanol–water partition coefficient (Wildman–Crippen LogP) is -0.0348. The number of benzene rings is 1. The molecule has 0 aromatic heterocycles. The van der Waals surface area contributed by atoms with Gasteiger partial charge in [-0.15, -0.1) is 0 Å². The molecule has 1 aliphatic carbocycles. The average Bonchev–Trinajstić information content (AvgIpc) is 2.74. The minimum atomic E-state index is -6.13. The fourth-order valence-corrected chi connectivity index (χ4v) is 6.30. The summed E-state index contributed by atoms with van der Waals surface area (Å²) in [4.78, 5) is 0. The lowest BCUT2D eigenvalue weighted by Gasteiger charge is -2.27. The Kier molecular flexibility index (Phi) is 4.34. The third-order valence-corrected chi connectivity index (χ3v) is 9.29. The van der Waals surface area contributed by atoms with Crippen LogP contribution in [-0.2, 0) is 41.5 Å². The zero-order chi connectivity index (χ0) is 17.7. The van der Waals surface area contributed by atoms with Gasteiger partial charge in [0.05, 0.1) is 6.10 Å². The molecule has 130 valence electrons. The molecule has 0 heterocycles. The van der Waals surface area contributed by atoms with E-state index in [0.717, 1.165) is 0 Å². The van der Waals surface area contributed by atoms with Gasteiger partial charge in [-0.3, -0.25) is 13.7 Å². The van der Waals surface area contributed by atoms with Gasteiger partial charge >= 0.3 is 34.0 Å². The number of rotatable bonds is 5. The Balaban J connectivity index is 2.68. The minimum Gasteiger partial charge on any atom is -0.321 e. The second-order valence-electron chi connectivity index (χ2n) is 4.77. The Hall–Kier alpha value is -1.09. The molecule has 1 aromatic carbocycles. The molecule has 3 N–H and O–H groups in total. The van der Waals surface area contributed by atoms with Crippen molar-refractivity contribution in [2.75, 3.05) is 0 Å². The highest BCUT2D eigenvalue weighted by Gasteiger charge is 2.68. The average molecular weight is 388 g/mol. The van der Waals surface area contributed by atoms with Crippen molar-refractivity contribution < 1.29 is 43.6 Å². The van der Waals surface area contributed by atoms with Crippen molar-refractivity contribution in [2.24, 2.45) is 0 Å². The molecule has 0 amide bonds. The van der Waals surface area contributed by atoms with Crippen molar-refractivity contribution in [3.63, 3.8) is 0 Å². The van der Waals surface area contributed by atoms with Crippen molar-refractivity contribution in [1.29, 1.82) is 0 Å². The Morgan fingerprint density at radius 1 is 0.913 bits per heavy atom. The van der Waals surface area contributed by atoms with Gasteiger partial charge in [0, 0.05) is 0 Å². The predicted molar refractivity (Wildman–Crippen MR) is 76.0 cm³/mol. The number of ether oxygens (including phenoxy) is 1. The van der Waals surface area contributed by atoms with Crippen LogP contribution in [0.5, 0.6) is 0 Å². The first-order valence-corrected chi connectivity index (χ1v) is 10.3. The molecule has 1 aromatic rings. The van der Waals surface area contributed by atoms with Crippen LogP contribution >= 0.6 is 0 Å². The van der Waals surface area contributed by atoms with Crippen LogP contribution < -0.4 is 0 Å². The molecular formula is C10H12O10S3. The quantitative estimate of drug-likeness (QED) is 0.581. The van der Waals surface area contributed by atoms with E-state index >= 15 is 0 Å². The van der Waals surface area contributed by atoms with Crippen molar-refractivity contribution >= 4 is 30.4 Å². The first-order valence-electron chi connectivity index (χ1n) is 5.98. The van der Waals surface area contributed by atoms with Gasteiger partial charge in [0.25, 0.3) is 0 Å². The molecule has 0 aliphatic heterocycles. The SMILES string of the molecule is O=S(=O)(O)C(OC1CCc2ccccc21)(S(=O)(=O)O)S(=O)(=O)O. The molecule has 23 heavy (non-hydrogen) atoms. The second-order valence-corrected chi connectivity index (χ2v) is 10.1. The van der Waals surface area contributed by atoms with E-state index in [4.69, 9.17) is 13.7 Å². The summed E-state index contributed by atoms with van der Waals surface area (Å²) in [5.41, 5.74) is 0.903. The van der Waals surface area contributed by atoms with E-state index in [1.165, 1.54) is 12.1 Å². The number of hydrogen-bond donors (Lipinski definition) is 3. The molecule has 0 bridgehead atoms. The smallest absolute Gasteiger partial charge is 0.321 e. The third-order valence-electron chi connectivity index (χ3n) is 3.31. The molecule has 10 nitrogen and oxygen atoms in total. The molecule has 1 unspecified atom stereocenters. The molecule has 1 atom stereocenters. The Bertz CT molecular complexity index is 850. The lowest BCUT2D eigenvalue weighted by Crippen LogP contribution is -2.54. The van der Waals surface area contributed by atoms with Crippen molar-refractivity contribution in [1.82, 2.24) is 0 Å². The summed E-state index contributed by atoms with van der Waals surface area (Å²) in [5, 5.41) is 0. The van der Waals surface area contributed by atoms with Gasteiger partial charge in [-0.1, -0.05) is 24.3 Å². The van der Waals surface area contributed by atoms with Crippen molar-refractivity contribution in [2.45, 2.75) is 22.5 Å². The van der Waals surface area contributed by atoms with Gasteiger partial charge in [0.15, 0.2) is 0 Å². The van der Waals surface area contributed by atoms with Crippen LogP contribution in [0.1, 0.15) is 23.7 Å². The van der Waals surface area contributed by atoms with E-state index in [1.54, 1.807) is 12.1 Å². The van der Waals surface area contributed by atoms with E-state index < -0.39 is 40.1 Å². The number of hydrogen-bond acceptors (Lipinski definition) is 7. The maximum absolute atomic E-state index is 11.4. The standard InChI is InChI=1S/C10H12O10S3/c11-21(12,13)10(22(14,15)16,23(17,18)19)20-9-6-5-7-3-1-2-4-8(7)9/h1-4,9H,5-6H2,(H,11,12,13)(H,14,15,16)(H,17,18,19). The number of aryl methyl sites for hydroxylation is 1. The Labute approximate surface area is 132 Å². The summed E-state index contributed by atoms with van der Waals surface area (Å²) in [6.07, 6.45) is -1.13. The summed E-state index contributed by atoms with van der Waals surface area (Å²) < 4.78 is 95.6. The third kappa shape index (κ3) is 2.88. The summed E-state index contributed by atoms with van der Waals surface area (Å²) >= 11 is 0. The van der Waals surface area contributed by atoms with E-state index in [0.29, 0.717) is 12.0 Å². The van der Waals surface area contributed by atoms with Crippen LogP contribution in [0.4, 0.5) is 0 Å². The summed E-state index contributed by atoms with van der Waals surface area (Å²) in [7, 11) is -18.4. The van der Waals surface area contributed by atoms with Gasteiger partial charge in [-0.25, -0.2) is 0 Å². The summed E-state index contributed by atoms with van der Waals surface area (Å²) in [5.74, 6) is 0. The number of fused-ring (bicyclic) bond motifs is 1. The van der Waals surface area contributed by atoms with Gasteiger partial charge in [-0.05, 0) is 24.0 Å². The highest BCUT2D eigenvalue weighted by Crippen LogP contribution is 2.42. The molecule has 0 radical (unpaired) electrons. The van der Waals surface area contributed by atoms with Gasteiger partial charge in [0.1, 0.15) is 0 Å². The normalized spacial score (nSPS) is 19.5. The maximum Gasteiger partial charge on any atom is 0.447 e. The summed E-state index contributed by atoms with van der Waals surface area (Å²) in [6, 6.07) is 6.20. The molecule has 1 aliphatic rings. The van der Waals surface area contributed by atoms with Crippen LogP contribution in [0.25, 0.3) is 0 Å². The monoisotopic (exact) mass is 388 g/mol. The highest BCUT2D eigenvalue weighted by atomic mass is 32.3. The van der Waals surface area contributed by atoms with E-state index in [-0.39, 0.29) is 12.0 Å². The van der Waals surface area contributed by atoms with E-state index in [2.05, 4.69) is 4.74 Å². The lowest BCUT2D eigenvalue weighted by atomic mass is 10.1. The van der Waals surface area contributed by atoms with Crippen LogP contribution in [0, 0.1) is 0 Å². The van der Waals surface area contributed by atoms with Crippen LogP contribution in [0.15, 0.2) is 24.3 Å². The maximum atomic E-state index is 11.4. The molecular weight excluding hydrogens is 376 g/mol. The molecule has 0 saturated heterocycles. The summed E-state index contributed by atoms with van der Waals surface area (Å²) in [6.45, 7) is 0. The first kappa shape index (κ1) is 18.3. The Morgan fingerprint density at radius 3 is 1.87 bits per heavy atom. The van der Waals surface area contributed by atoms with Crippen LogP contribution in [-0.4, -0.2) is 42.5 Å². The molecule has 13 heteroatoms. The van der Waals surface area contributed by atoms with Crippen LogP contribution in [0.3, 0.4) is 0 Å². The van der Waals surface area contributed by atoms with E-state index in [1.807, 2.05) is 0 Å². The second kappa shape index (κ2) is 5.47. The lowest BCUT2D eigenvalue weighted by molar-refractivity contribution is 0.0327. The largest absolute Gasteiger partial charge is 0.447 e. The van der Waals surface area contributed by atoms with Gasteiger partial charge < -0.3 is 4.74 Å². The first-order chi connectivity index (χ1) is 10.3. The fourth-order valence-electron chi connectivity index (χ4n) is 2.40. The highest BCUT2D eigenvalue weighted by molar-refractivity contribution is 8.20. The van der Waals surface area contributed by atoms with E-state index in [9.17, 15) is 25.3 Å². The zero-order valence-corrected chi connectivity index (χ0v) is 13.7. The minimum absolute atomic E-state index is 0.0261. The Morgan fingerprint density at radius 2 is 1.39 bits per heavy atom. The topological polar surface area (TPSA) is 172 Å². The van der Waals surface area contributed by atoms with Crippen LogP contribution in [0.2, 0.25) is 0 Å². The molecule has 2 rings (SSSR count). The van der Waals surface area contributed by atoms with Crippen molar-refractivity contribution in [3.8, 4) is 0 Å². The molecule has 0 fully saturated rings. The zero-order valence-electron chi connectivity index (χ0n) is 11.2. The van der Waals surface area contributed by atoms with Gasteiger partial charge in [-0.2, -0.15) is 25.3 Å². The molecule has 0 spiro atoms. The fraction of sp³-hybridized carbons (Fsp3) is 0.400. The van der Waals surface area contributed by atoms with Gasteiger partial charge in [0.2, 0.25) is 0 Å². The molecule has 0 saturated carbocycles. The van der Waals surface area contributed by atoms with Crippen molar-refractivity contribution in [3.05, 3.63) is 35.4 Å².